The van der Waals surface area contributed by atoms with Crippen molar-refractivity contribution in [2.45, 2.75) is 13.8 Å². The molecule has 2 aromatic carbocycles. The molecule has 0 radical (unpaired) electrons. The number of amides is 4. The van der Waals surface area contributed by atoms with E-state index in [9.17, 15) is 19.2 Å². The van der Waals surface area contributed by atoms with Gasteiger partial charge in [-0.15, -0.1) is 0 Å². The van der Waals surface area contributed by atoms with Gasteiger partial charge < -0.3 is 5.73 Å². The van der Waals surface area contributed by atoms with E-state index < -0.39 is 46.3 Å². The average Bonchev–Trinajstić information content (AvgIpc) is 3.03. The monoisotopic (exact) mass is 417 g/mol. The van der Waals surface area contributed by atoms with Gasteiger partial charge in [-0.1, -0.05) is 0 Å². The second kappa shape index (κ2) is 5.84. The molecule has 9 nitrogen and oxygen atoms in total. The highest BCUT2D eigenvalue weighted by molar-refractivity contribution is 6.34. The summed E-state index contributed by atoms with van der Waals surface area (Å²) in [6.45, 7) is 3.19. The van der Waals surface area contributed by atoms with Crippen molar-refractivity contribution in [2.75, 3.05) is 15.5 Å². The van der Waals surface area contributed by atoms with E-state index in [4.69, 9.17) is 11.3 Å². The first-order chi connectivity index (χ1) is 14.7. The van der Waals surface area contributed by atoms with Crippen molar-refractivity contribution < 1.29 is 19.2 Å². The molecular formula is C22H19N5O4. The van der Waals surface area contributed by atoms with Crippen LogP contribution in [0.15, 0.2) is 53.6 Å². The normalized spacial score (nSPS) is 31.5. The highest BCUT2D eigenvalue weighted by atomic mass is 16.2. The highest BCUT2D eigenvalue weighted by Crippen LogP contribution is 2.71. The van der Waals surface area contributed by atoms with Crippen LogP contribution < -0.4 is 15.5 Å². The molecule has 5 rings (SSSR count). The first-order valence-corrected chi connectivity index (χ1v) is 9.77. The van der Waals surface area contributed by atoms with E-state index in [0.717, 1.165) is 9.80 Å². The molecule has 3 N–H and O–H groups in total. The molecule has 0 spiro atoms. The summed E-state index contributed by atoms with van der Waals surface area (Å²) < 4.78 is 0. The Hall–Kier alpha value is -3.88. The lowest BCUT2D eigenvalue weighted by molar-refractivity contribution is -0.179. The number of nitrogens with two attached hydrogens (primary N) is 1. The van der Waals surface area contributed by atoms with Gasteiger partial charge in [-0.3, -0.25) is 19.2 Å². The van der Waals surface area contributed by atoms with E-state index in [1.165, 1.54) is 24.3 Å². The van der Waals surface area contributed by atoms with Crippen molar-refractivity contribution in [3.63, 3.8) is 0 Å². The fourth-order valence-electron chi connectivity index (χ4n) is 5.73. The topological polar surface area (TPSA) is 137 Å². The third-order valence-electron chi connectivity index (χ3n) is 7.05. The summed E-state index contributed by atoms with van der Waals surface area (Å²) in [5.74, 6) is -3.83. The van der Waals surface area contributed by atoms with Gasteiger partial charge in [0.1, 0.15) is 0 Å². The number of nitrogens with zero attached hydrogens (tertiary/aromatic N) is 3. The first kappa shape index (κ1) is 19.1. The summed E-state index contributed by atoms with van der Waals surface area (Å²) >= 11 is 0. The Morgan fingerprint density at radius 3 is 1.55 bits per heavy atom. The van der Waals surface area contributed by atoms with Crippen molar-refractivity contribution in [3.8, 4) is 0 Å². The molecule has 4 atom stereocenters. The van der Waals surface area contributed by atoms with Gasteiger partial charge in [0.15, 0.2) is 0 Å². The minimum atomic E-state index is -1.31. The van der Waals surface area contributed by atoms with Gasteiger partial charge in [-0.25, -0.2) is 15.3 Å². The van der Waals surface area contributed by atoms with Crippen LogP contribution in [0.5, 0.6) is 0 Å². The second-order valence-corrected chi connectivity index (χ2v) is 8.61. The largest absolute Gasteiger partial charge is 0.399 e. The van der Waals surface area contributed by atoms with E-state index in [1.54, 1.807) is 38.1 Å². The molecule has 2 aliphatic heterocycles. The van der Waals surface area contributed by atoms with Crippen LogP contribution in [0.2, 0.25) is 0 Å². The zero-order valence-electron chi connectivity index (χ0n) is 16.8. The minimum Gasteiger partial charge on any atom is -0.399 e. The van der Waals surface area contributed by atoms with Crippen LogP contribution in [0.3, 0.4) is 0 Å². The maximum absolute atomic E-state index is 13.4. The molecule has 1 aliphatic carbocycles. The maximum Gasteiger partial charge on any atom is 0.241 e. The molecule has 2 aromatic rings. The second-order valence-electron chi connectivity index (χ2n) is 8.61. The van der Waals surface area contributed by atoms with E-state index in [2.05, 4.69) is 5.11 Å². The van der Waals surface area contributed by atoms with Gasteiger partial charge >= 0.3 is 0 Å². The van der Waals surface area contributed by atoms with Crippen molar-refractivity contribution >= 4 is 46.4 Å². The lowest BCUT2D eigenvalue weighted by Gasteiger charge is -2.53. The summed E-state index contributed by atoms with van der Waals surface area (Å²) in [4.78, 5) is 55.7. The molecule has 1 saturated carbocycles. The summed E-state index contributed by atoms with van der Waals surface area (Å²) in [7, 11) is 0. The molecule has 2 heterocycles. The zero-order chi connectivity index (χ0) is 22.3. The van der Waals surface area contributed by atoms with Gasteiger partial charge in [0, 0.05) is 5.69 Å². The Morgan fingerprint density at radius 1 is 0.774 bits per heavy atom. The Balaban J connectivity index is 1.57. The van der Waals surface area contributed by atoms with Crippen LogP contribution in [0.1, 0.15) is 13.8 Å². The molecule has 4 unspecified atom stereocenters. The minimum absolute atomic E-state index is 0.329. The molecular weight excluding hydrogens is 398 g/mol. The van der Waals surface area contributed by atoms with Crippen LogP contribution in [0.25, 0.3) is 0 Å². The number of carbonyl (C=O) groups is 4. The molecule has 0 aromatic heterocycles. The Bertz CT molecular complexity index is 1190. The zero-order valence-corrected chi connectivity index (χ0v) is 16.8. The van der Waals surface area contributed by atoms with Crippen molar-refractivity contribution in [3.05, 3.63) is 48.5 Å². The Labute approximate surface area is 177 Å². The summed E-state index contributed by atoms with van der Waals surface area (Å²) in [5.41, 5.74) is 11.7. The third kappa shape index (κ3) is 2.05. The lowest BCUT2D eigenvalue weighted by Crippen LogP contribution is -2.65. The van der Waals surface area contributed by atoms with Gasteiger partial charge in [0.05, 0.1) is 39.7 Å². The molecule has 3 fully saturated rings. The van der Waals surface area contributed by atoms with Crippen molar-refractivity contribution in [1.82, 2.24) is 0 Å². The quantitative estimate of drug-likeness (QED) is 0.449. The summed E-state index contributed by atoms with van der Waals surface area (Å²) in [6.07, 6.45) is 0. The molecule has 2 saturated heterocycles. The van der Waals surface area contributed by atoms with E-state index >= 15 is 0 Å². The van der Waals surface area contributed by atoms with Gasteiger partial charge in [0.2, 0.25) is 23.6 Å². The summed E-state index contributed by atoms with van der Waals surface area (Å²) in [5, 5.41) is 3.31. The van der Waals surface area contributed by atoms with Gasteiger partial charge in [0.25, 0.3) is 0 Å². The number of carbonyl (C=O) groups excluding carboxylic acids is 4. The molecule has 4 amide bonds. The van der Waals surface area contributed by atoms with Crippen molar-refractivity contribution in [1.29, 1.82) is 5.53 Å². The lowest BCUT2D eigenvalue weighted by atomic mass is 9.41. The number of anilines is 3. The smallest absolute Gasteiger partial charge is 0.241 e. The van der Waals surface area contributed by atoms with E-state index in [1.807, 2.05) is 0 Å². The molecule has 31 heavy (non-hydrogen) atoms. The SMILES string of the molecule is CC12C(=O)N(c3ccc(N)cc3)C(=O)C1C1(C)C(=O)N(c3ccc(N=N)cc3)C(=O)C21. The number of fused-ring (bicyclic) bond motifs is 4. The van der Waals surface area contributed by atoms with Gasteiger partial charge in [-0.2, -0.15) is 5.11 Å². The van der Waals surface area contributed by atoms with Crippen LogP contribution >= 0.6 is 0 Å². The van der Waals surface area contributed by atoms with Gasteiger partial charge in [-0.05, 0) is 62.4 Å². The average molecular weight is 417 g/mol. The first-order valence-electron chi connectivity index (χ1n) is 9.77. The number of hydrogen-bond acceptors (Lipinski definition) is 7. The van der Waals surface area contributed by atoms with Crippen LogP contribution in [0, 0.1) is 28.2 Å². The highest BCUT2D eigenvalue weighted by Gasteiger charge is 2.85. The predicted octanol–water partition coefficient (Wildman–Crippen LogP) is 2.64. The third-order valence-corrected chi connectivity index (χ3v) is 7.05. The Kier molecular flexibility index (Phi) is 3.60. The maximum atomic E-state index is 13.4. The molecule has 9 heteroatoms. The number of nitrogens with one attached hydrogen (secondary N) is 1. The standard InChI is InChI=1S/C22H19N5O4/c1-21-15(17(28)26(19(21)30)13-7-3-11(23)4-8-13)22(2)16(21)18(29)27(20(22)31)14-9-5-12(25-24)6-10-14/h3-10,15-16,24H,23H2,1-2H3. The van der Waals surface area contributed by atoms with Crippen LogP contribution in [-0.2, 0) is 19.2 Å². The van der Waals surface area contributed by atoms with Crippen LogP contribution in [0.4, 0.5) is 22.7 Å². The summed E-state index contributed by atoms with van der Waals surface area (Å²) in [6, 6.07) is 12.4. The number of benzene rings is 2. The number of hydrogen-bond donors (Lipinski definition) is 2. The van der Waals surface area contributed by atoms with Crippen LogP contribution in [-0.4, -0.2) is 23.6 Å². The Morgan fingerprint density at radius 2 is 1.16 bits per heavy atom. The van der Waals surface area contributed by atoms with Crippen molar-refractivity contribution in [2.24, 2.45) is 27.8 Å². The predicted molar refractivity (Wildman–Crippen MR) is 110 cm³/mol. The van der Waals surface area contributed by atoms with E-state index in [-0.39, 0.29) is 0 Å². The number of nitrogen functional groups attached to an aromatic ring is 1. The molecule has 0 bridgehead atoms. The molecule has 156 valence electrons. The fourth-order valence-corrected chi connectivity index (χ4v) is 5.73. The number of imide groups is 2. The number of rotatable bonds is 3. The fraction of sp³-hybridized carbons (Fsp3) is 0.273. The van der Waals surface area contributed by atoms with E-state index in [0.29, 0.717) is 22.7 Å². The molecule has 3 aliphatic rings.